The van der Waals surface area contributed by atoms with Crippen molar-refractivity contribution in [3.63, 3.8) is 0 Å². The molecule has 0 spiro atoms. The lowest BCUT2D eigenvalue weighted by Crippen LogP contribution is -1.99. The van der Waals surface area contributed by atoms with Crippen molar-refractivity contribution in [3.05, 3.63) is 47.0 Å². The summed E-state index contributed by atoms with van der Waals surface area (Å²) in [7, 11) is 1.52. The van der Waals surface area contributed by atoms with Crippen molar-refractivity contribution in [2.75, 3.05) is 12.4 Å². The summed E-state index contributed by atoms with van der Waals surface area (Å²) in [5.74, 6) is -1.40. The number of nitrogens with one attached hydrogen (secondary N) is 1. The minimum Gasteiger partial charge on any atom is -0.371 e. The quantitative estimate of drug-likeness (QED) is 0.915. The summed E-state index contributed by atoms with van der Waals surface area (Å²) >= 11 is 6.92. The number of pyridine rings is 1. The van der Waals surface area contributed by atoms with E-state index < -0.39 is 11.6 Å². The Hall–Kier alpha value is -1.33. The fourth-order valence-electron chi connectivity index (χ4n) is 1.34. The predicted molar refractivity (Wildman–Crippen MR) is 69.3 cm³/mol. The monoisotopic (exact) mass is 286 g/mol. The van der Waals surface area contributed by atoms with Crippen LogP contribution in [0.1, 0.15) is 0 Å². The van der Waals surface area contributed by atoms with Crippen LogP contribution in [0.2, 0.25) is 5.02 Å². The van der Waals surface area contributed by atoms with Crippen molar-refractivity contribution in [2.24, 2.45) is 0 Å². The predicted octanol–water partition coefficient (Wildman–Crippen LogP) is 4.21. The molecule has 94 valence electrons. The molecule has 0 saturated carbocycles. The van der Waals surface area contributed by atoms with Gasteiger partial charge >= 0.3 is 0 Å². The lowest BCUT2D eigenvalue weighted by atomic mass is 10.4. The Morgan fingerprint density at radius 1 is 1.22 bits per heavy atom. The van der Waals surface area contributed by atoms with Crippen molar-refractivity contribution in [2.45, 2.75) is 9.92 Å². The third kappa shape index (κ3) is 2.91. The third-order valence-corrected chi connectivity index (χ3v) is 3.35. The molecule has 0 radical (unpaired) electrons. The Kier molecular flexibility index (Phi) is 4.04. The van der Waals surface area contributed by atoms with E-state index in [4.69, 9.17) is 11.6 Å². The molecule has 1 N–H and O–H groups in total. The summed E-state index contributed by atoms with van der Waals surface area (Å²) in [5, 5.41) is 3.22. The zero-order chi connectivity index (χ0) is 13.1. The van der Waals surface area contributed by atoms with Gasteiger partial charge in [-0.05, 0) is 18.2 Å². The van der Waals surface area contributed by atoms with Crippen LogP contribution >= 0.6 is 23.4 Å². The van der Waals surface area contributed by atoms with Gasteiger partial charge in [0.05, 0.1) is 0 Å². The summed E-state index contributed by atoms with van der Waals surface area (Å²) in [6.07, 6.45) is 0. The number of rotatable bonds is 3. The SMILES string of the molecule is CNc1nc(Sc2cccc(Cl)c2)c(F)cc1F. The van der Waals surface area contributed by atoms with Gasteiger partial charge in [0.15, 0.2) is 17.5 Å². The Morgan fingerprint density at radius 2 is 2.00 bits per heavy atom. The van der Waals surface area contributed by atoms with Crippen LogP contribution in [0.4, 0.5) is 14.6 Å². The molecule has 18 heavy (non-hydrogen) atoms. The van der Waals surface area contributed by atoms with Crippen LogP contribution < -0.4 is 5.32 Å². The Balaban J connectivity index is 2.34. The summed E-state index contributed by atoms with van der Waals surface area (Å²) in [5.41, 5.74) is 0. The molecule has 0 aliphatic heterocycles. The number of anilines is 1. The lowest BCUT2D eigenvalue weighted by Gasteiger charge is -2.06. The van der Waals surface area contributed by atoms with Gasteiger partial charge < -0.3 is 5.32 Å². The van der Waals surface area contributed by atoms with Crippen LogP contribution in [0.5, 0.6) is 0 Å². The minimum absolute atomic E-state index is 0.0147. The average molecular weight is 287 g/mol. The third-order valence-electron chi connectivity index (χ3n) is 2.14. The highest BCUT2D eigenvalue weighted by atomic mass is 35.5. The van der Waals surface area contributed by atoms with E-state index in [9.17, 15) is 8.78 Å². The first kappa shape index (κ1) is 13.1. The molecule has 6 heteroatoms. The maximum Gasteiger partial charge on any atom is 0.168 e. The highest BCUT2D eigenvalue weighted by Gasteiger charge is 2.12. The maximum absolute atomic E-state index is 13.6. The Morgan fingerprint density at radius 3 is 2.67 bits per heavy atom. The smallest absolute Gasteiger partial charge is 0.168 e. The van der Waals surface area contributed by atoms with Crippen molar-refractivity contribution in [1.82, 2.24) is 4.98 Å². The van der Waals surface area contributed by atoms with E-state index in [1.165, 1.54) is 7.05 Å². The molecule has 2 nitrogen and oxygen atoms in total. The largest absolute Gasteiger partial charge is 0.371 e. The molecule has 1 heterocycles. The van der Waals surface area contributed by atoms with Gasteiger partial charge in [0.2, 0.25) is 0 Å². The molecule has 2 aromatic rings. The normalized spacial score (nSPS) is 10.4. The van der Waals surface area contributed by atoms with Crippen molar-refractivity contribution in [3.8, 4) is 0 Å². The lowest BCUT2D eigenvalue weighted by molar-refractivity contribution is 0.552. The Bertz CT molecular complexity index is 578. The van der Waals surface area contributed by atoms with Crippen LogP contribution in [-0.4, -0.2) is 12.0 Å². The second-order valence-electron chi connectivity index (χ2n) is 3.42. The molecule has 0 unspecified atom stereocenters. The molecule has 0 atom stereocenters. The number of hydrogen-bond donors (Lipinski definition) is 1. The van der Waals surface area contributed by atoms with E-state index in [2.05, 4.69) is 10.3 Å². The molecule has 1 aromatic carbocycles. The fourth-order valence-corrected chi connectivity index (χ4v) is 2.44. The minimum atomic E-state index is -0.717. The molecular formula is C12H9ClF2N2S. The summed E-state index contributed by atoms with van der Waals surface area (Å²) in [6.45, 7) is 0. The molecule has 0 aliphatic rings. The molecule has 1 aromatic heterocycles. The van der Waals surface area contributed by atoms with Gasteiger partial charge in [-0.3, -0.25) is 0 Å². The van der Waals surface area contributed by atoms with E-state index in [-0.39, 0.29) is 10.8 Å². The van der Waals surface area contributed by atoms with Gasteiger partial charge in [0.1, 0.15) is 5.03 Å². The topological polar surface area (TPSA) is 24.9 Å². The number of halogens is 3. The summed E-state index contributed by atoms with van der Waals surface area (Å²) < 4.78 is 26.8. The number of nitrogens with zero attached hydrogens (tertiary/aromatic N) is 1. The summed E-state index contributed by atoms with van der Waals surface area (Å²) in [6, 6.07) is 7.76. The van der Waals surface area contributed by atoms with Crippen LogP contribution in [0.15, 0.2) is 40.3 Å². The molecule has 0 bridgehead atoms. The first-order valence-corrected chi connectivity index (χ1v) is 6.27. The summed E-state index contributed by atoms with van der Waals surface area (Å²) in [4.78, 5) is 4.61. The van der Waals surface area contributed by atoms with Gasteiger partial charge in [-0.15, -0.1) is 0 Å². The first-order valence-electron chi connectivity index (χ1n) is 5.07. The van der Waals surface area contributed by atoms with E-state index in [0.717, 1.165) is 22.7 Å². The van der Waals surface area contributed by atoms with E-state index in [0.29, 0.717) is 5.02 Å². The zero-order valence-electron chi connectivity index (χ0n) is 9.38. The fraction of sp³-hybridized carbons (Fsp3) is 0.0833. The first-order chi connectivity index (χ1) is 8.60. The number of aromatic nitrogens is 1. The van der Waals surface area contributed by atoms with Crippen LogP contribution in [0.3, 0.4) is 0 Å². The molecule has 0 amide bonds. The second kappa shape index (κ2) is 5.54. The van der Waals surface area contributed by atoms with Gasteiger partial charge in [0.25, 0.3) is 0 Å². The molecular weight excluding hydrogens is 278 g/mol. The van der Waals surface area contributed by atoms with E-state index in [1.807, 2.05) is 0 Å². The maximum atomic E-state index is 13.6. The van der Waals surface area contributed by atoms with Gasteiger partial charge in [0, 0.05) is 23.0 Å². The van der Waals surface area contributed by atoms with Crippen molar-refractivity contribution in [1.29, 1.82) is 0 Å². The zero-order valence-corrected chi connectivity index (χ0v) is 10.9. The van der Waals surface area contributed by atoms with E-state index in [1.54, 1.807) is 24.3 Å². The average Bonchev–Trinajstić information content (AvgIpc) is 2.33. The van der Waals surface area contributed by atoms with Gasteiger partial charge in [-0.25, -0.2) is 13.8 Å². The molecule has 0 saturated heterocycles. The van der Waals surface area contributed by atoms with Crippen LogP contribution in [0.25, 0.3) is 0 Å². The van der Waals surface area contributed by atoms with Gasteiger partial charge in [-0.1, -0.05) is 29.4 Å². The standard InChI is InChI=1S/C12H9ClF2N2S/c1-16-11-9(14)6-10(15)12(17-11)18-8-4-2-3-7(13)5-8/h2-6H,1H3,(H,16,17). The van der Waals surface area contributed by atoms with E-state index >= 15 is 0 Å². The number of benzene rings is 1. The van der Waals surface area contributed by atoms with Crippen LogP contribution in [0, 0.1) is 11.6 Å². The molecule has 0 fully saturated rings. The molecule has 2 rings (SSSR count). The number of hydrogen-bond acceptors (Lipinski definition) is 3. The highest BCUT2D eigenvalue weighted by Crippen LogP contribution is 2.31. The van der Waals surface area contributed by atoms with Crippen molar-refractivity contribution < 1.29 is 8.78 Å². The van der Waals surface area contributed by atoms with Gasteiger partial charge in [-0.2, -0.15) is 0 Å². The molecule has 0 aliphatic carbocycles. The van der Waals surface area contributed by atoms with Crippen molar-refractivity contribution >= 4 is 29.2 Å². The van der Waals surface area contributed by atoms with Crippen LogP contribution in [-0.2, 0) is 0 Å². The second-order valence-corrected chi connectivity index (χ2v) is 4.91. The Labute approximate surface area is 112 Å². The highest BCUT2D eigenvalue weighted by molar-refractivity contribution is 7.99.